The molecule has 160 valence electrons. The Balaban J connectivity index is 1.94. The first-order chi connectivity index (χ1) is 15.6. The van der Waals surface area contributed by atoms with Crippen molar-refractivity contribution in [2.24, 2.45) is 0 Å². The molecule has 3 nitrogen and oxygen atoms in total. The van der Waals surface area contributed by atoms with Crippen LogP contribution in [0.15, 0.2) is 115 Å². The molecule has 0 aromatic heterocycles. The minimum absolute atomic E-state index is 0.0476. The van der Waals surface area contributed by atoms with E-state index in [4.69, 9.17) is 4.74 Å². The summed E-state index contributed by atoms with van der Waals surface area (Å²) in [6.45, 7) is 0. The molecule has 32 heavy (non-hydrogen) atoms. The van der Waals surface area contributed by atoms with Crippen LogP contribution in [0.4, 0.5) is 0 Å². The zero-order valence-electron chi connectivity index (χ0n) is 17.9. The Morgan fingerprint density at radius 1 is 0.719 bits per heavy atom. The second-order valence-corrected chi connectivity index (χ2v) is 10.6. The monoisotopic (exact) mass is 440 g/mol. The molecule has 0 spiro atoms. The van der Waals surface area contributed by atoms with Gasteiger partial charge in [0, 0.05) is 28.2 Å². The first kappa shape index (κ1) is 21.8. The number of Topliss-reactive ketones (excluding diaryl/α,β-unsaturated/α-hetero) is 1. The van der Waals surface area contributed by atoms with E-state index in [9.17, 15) is 4.79 Å². The number of rotatable bonds is 8. The van der Waals surface area contributed by atoms with E-state index < -0.39 is 12.8 Å². The van der Waals surface area contributed by atoms with Crippen molar-refractivity contribution < 1.29 is 14.1 Å². The van der Waals surface area contributed by atoms with Crippen LogP contribution in [-0.4, -0.2) is 12.9 Å². The molecule has 0 fully saturated rings. The molecule has 0 radical (unpaired) electrons. The molecular formula is C28H25O3P. The number of methoxy groups -OCH3 is 1. The van der Waals surface area contributed by atoms with E-state index in [1.807, 2.05) is 103 Å². The van der Waals surface area contributed by atoms with E-state index in [1.165, 1.54) is 0 Å². The Morgan fingerprint density at radius 3 is 1.72 bits per heavy atom. The van der Waals surface area contributed by atoms with Crippen molar-refractivity contribution in [1.29, 1.82) is 0 Å². The highest BCUT2D eigenvalue weighted by Crippen LogP contribution is 2.60. The summed E-state index contributed by atoms with van der Waals surface area (Å²) in [5, 5.41) is 1.45. The average molecular weight is 440 g/mol. The van der Waals surface area contributed by atoms with Gasteiger partial charge in [-0.05, 0) is 6.07 Å². The maximum Gasteiger partial charge on any atom is 0.163 e. The van der Waals surface area contributed by atoms with Gasteiger partial charge < -0.3 is 9.30 Å². The van der Waals surface area contributed by atoms with E-state index in [1.54, 1.807) is 19.2 Å². The number of benzene rings is 4. The summed E-state index contributed by atoms with van der Waals surface area (Å²) in [5.74, 6) is 0.582. The Labute approximate surface area is 189 Å². The smallest absolute Gasteiger partial charge is 0.163 e. The summed E-state index contributed by atoms with van der Waals surface area (Å²) < 4.78 is 20.8. The quantitative estimate of drug-likeness (QED) is 0.248. The second-order valence-electron chi connectivity index (χ2n) is 7.58. The number of carbonyl (C=O) groups is 1. The average Bonchev–Trinajstić information content (AvgIpc) is 2.88. The summed E-state index contributed by atoms with van der Waals surface area (Å²) in [6, 6.07) is 35.7. The van der Waals surface area contributed by atoms with Gasteiger partial charge in [-0.2, -0.15) is 0 Å². The molecule has 1 atom stereocenters. The zero-order valence-corrected chi connectivity index (χ0v) is 18.8. The maximum atomic E-state index is 15.1. The molecule has 0 saturated heterocycles. The lowest BCUT2D eigenvalue weighted by molar-refractivity contribution is 0.0981. The lowest BCUT2D eigenvalue weighted by Crippen LogP contribution is -2.23. The van der Waals surface area contributed by atoms with Gasteiger partial charge in [0.05, 0.1) is 12.8 Å². The molecule has 0 N–H and O–H groups in total. The van der Waals surface area contributed by atoms with Crippen molar-refractivity contribution in [3.05, 3.63) is 126 Å². The number of ketones is 1. The standard InChI is InChI=1S/C28H25O3P/c1-31-27-20-12-11-19-25(27)28(21-26(29)22-13-5-2-6-14-22)32(30,23-15-7-3-8-16-23)24-17-9-4-10-18-24/h2-20,28H,21H2,1H3/t28-/m0/s1. The predicted molar refractivity (Wildman–Crippen MR) is 131 cm³/mol. The fourth-order valence-electron chi connectivity index (χ4n) is 4.10. The maximum absolute atomic E-state index is 15.1. The van der Waals surface area contributed by atoms with Gasteiger partial charge in [0.25, 0.3) is 0 Å². The number of hydrogen-bond acceptors (Lipinski definition) is 3. The van der Waals surface area contributed by atoms with Crippen LogP contribution in [0, 0.1) is 0 Å². The highest BCUT2D eigenvalue weighted by molar-refractivity contribution is 7.79. The molecular weight excluding hydrogens is 415 g/mol. The van der Waals surface area contributed by atoms with Crippen LogP contribution in [0.2, 0.25) is 0 Å². The SMILES string of the molecule is COc1ccccc1[C@H](CC(=O)c1ccccc1)P(=O)(c1ccccc1)c1ccccc1. The van der Waals surface area contributed by atoms with Crippen molar-refractivity contribution in [2.75, 3.05) is 7.11 Å². The van der Waals surface area contributed by atoms with Gasteiger partial charge in [0.1, 0.15) is 5.75 Å². The molecule has 4 rings (SSSR count). The minimum atomic E-state index is -3.27. The second kappa shape index (κ2) is 9.80. The highest BCUT2D eigenvalue weighted by atomic mass is 31.2. The minimum Gasteiger partial charge on any atom is -0.496 e. The van der Waals surface area contributed by atoms with Gasteiger partial charge >= 0.3 is 0 Å². The topological polar surface area (TPSA) is 43.4 Å². The van der Waals surface area contributed by atoms with Crippen molar-refractivity contribution in [1.82, 2.24) is 0 Å². The van der Waals surface area contributed by atoms with Gasteiger partial charge in [0.15, 0.2) is 12.9 Å². The van der Waals surface area contributed by atoms with Crippen LogP contribution in [0.1, 0.15) is 28.0 Å². The van der Waals surface area contributed by atoms with Crippen molar-refractivity contribution >= 4 is 23.5 Å². The van der Waals surface area contributed by atoms with E-state index in [2.05, 4.69) is 0 Å². The first-order valence-corrected chi connectivity index (χ1v) is 12.3. The lowest BCUT2D eigenvalue weighted by atomic mass is 10.0. The third-order valence-corrected chi connectivity index (χ3v) is 9.16. The molecule has 4 heteroatoms. The molecule has 0 aliphatic carbocycles. The summed E-state index contributed by atoms with van der Waals surface area (Å²) in [7, 11) is -1.67. The molecule has 0 amide bonds. The van der Waals surface area contributed by atoms with Crippen LogP contribution in [0.3, 0.4) is 0 Å². The number of carbonyl (C=O) groups excluding carboxylic acids is 1. The van der Waals surface area contributed by atoms with Crippen molar-refractivity contribution in [2.45, 2.75) is 12.1 Å². The Morgan fingerprint density at radius 2 is 1.19 bits per heavy atom. The van der Waals surface area contributed by atoms with Crippen LogP contribution >= 0.6 is 7.14 Å². The lowest BCUT2D eigenvalue weighted by Gasteiger charge is -2.30. The fourth-order valence-corrected chi connectivity index (χ4v) is 7.38. The van der Waals surface area contributed by atoms with Crippen LogP contribution in [0.25, 0.3) is 0 Å². The van der Waals surface area contributed by atoms with E-state index in [0.717, 1.165) is 16.2 Å². The molecule has 0 unspecified atom stereocenters. The van der Waals surface area contributed by atoms with E-state index >= 15 is 4.57 Å². The molecule has 4 aromatic rings. The summed E-state index contributed by atoms with van der Waals surface area (Å²) in [5.41, 5.74) is 0.812. The summed E-state index contributed by atoms with van der Waals surface area (Å²) >= 11 is 0. The predicted octanol–water partition coefficient (Wildman–Crippen LogP) is 6.02. The molecule has 0 aliphatic heterocycles. The fraction of sp³-hybridized carbons (Fsp3) is 0.107. The normalized spacial score (nSPS) is 12.2. The molecule has 4 aromatic carbocycles. The Kier molecular flexibility index (Phi) is 6.68. The first-order valence-electron chi connectivity index (χ1n) is 10.6. The van der Waals surface area contributed by atoms with Gasteiger partial charge in [-0.3, -0.25) is 4.79 Å². The third-order valence-electron chi connectivity index (χ3n) is 5.69. The van der Waals surface area contributed by atoms with E-state index in [-0.39, 0.29) is 12.2 Å². The van der Waals surface area contributed by atoms with Crippen molar-refractivity contribution in [3.63, 3.8) is 0 Å². The summed E-state index contributed by atoms with van der Waals surface area (Å²) in [6.07, 6.45) is 0.103. The van der Waals surface area contributed by atoms with Crippen LogP contribution in [-0.2, 0) is 4.57 Å². The molecule has 0 bridgehead atoms. The van der Waals surface area contributed by atoms with Gasteiger partial charge in [0.2, 0.25) is 0 Å². The van der Waals surface area contributed by atoms with Gasteiger partial charge in [-0.25, -0.2) is 0 Å². The van der Waals surface area contributed by atoms with Crippen LogP contribution in [0.5, 0.6) is 5.75 Å². The largest absolute Gasteiger partial charge is 0.496 e. The zero-order chi connectivity index (χ0) is 22.4. The molecule has 0 saturated carbocycles. The van der Waals surface area contributed by atoms with Crippen molar-refractivity contribution in [3.8, 4) is 5.75 Å². The van der Waals surface area contributed by atoms with Crippen LogP contribution < -0.4 is 15.3 Å². The third kappa shape index (κ3) is 4.30. The number of hydrogen-bond donors (Lipinski definition) is 0. The molecule has 0 aliphatic rings. The number of ether oxygens (including phenoxy) is 1. The molecule has 0 heterocycles. The summed E-state index contributed by atoms with van der Waals surface area (Å²) in [4.78, 5) is 13.4. The van der Waals surface area contributed by atoms with Gasteiger partial charge in [-0.15, -0.1) is 0 Å². The number of para-hydroxylation sites is 1. The van der Waals surface area contributed by atoms with E-state index in [0.29, 0.717) is 11.3 Å². The highest BCUT2D eigenvalue weighted by Gasteiger charge is 2.40. The van der Waals surface area contributed by atoms with Gasteiger partial charge in [-0.1, -0.05) is 109 Å². The Hall–Kier alpha value is -3.42. The Bertz CT molecular complexity index is 1180.